The van der Waals surface area contributed by atoms with Crippen LogP contribution in [0.2, 0.25) is 0 Å². The third-order valence-electron chi connectivity index (χ3n) is 4.46. The molecule has 1 atom stereocenters. The molecule has 0 bridgehead atoms. The Hall–Kier alpha value is -4.46. The molecule has 0 fully saturated rings. The molecule has 2 aromatic rings. The van der Waals surface area contributed by atoms with Gasteiger partial charge >= 0.3 is 12.2 Å². The largest absolute Gasteiger partial charge is 0.507 e. The van der Waals surface area contributed by atoms with Gasteiger partial charge in [0.1, 0.15) is 29.3 Å². The molecule has 0 radical (unpaired) electrons. The number of guanidine groups is 1. The van der Waals surface area contributed by atoms with Gasteiger partial charge in [0.15, 0.2) is 17.7 Å². The maximum absolute atomic E-state index is 13.6. The van der Waals surface area contributed by atoms with Crippen molar-refractivity contribution in [3.05, 3.63) is 34.9 Å². The number of hydrogen-bond acceptors (Lipinski definition) is 10. The minimum absolute atomic E-state index is 0.0542. The van der Waals surface area contributed by atoms with Crippen LogP contribution in [0.25, 0.3) is 0 Å². The lowest BCUT2D eigenvalue weighted by Gasteiger charge is -2.32. The molecule has 1 aromatic heterocycles. The fourth-order valence-electron chi connectivity index (χ4n) is 3.08. The molecule has 0 saturated heterocycles. The summed E-state index contributed by atoms with van der Waals surface area (Å²) in [7, 11) is 0. The number of benzene rings is 1. The van der Waals surface area contributed by atoms with Crippen LogP contribution < -0.4 is 31.6 Å². The van der Waals surface area contributed by atoms with Gasteiger partial charge in [0.25, 0.3) is 0 Å². The number of nitrogens with two attached hydrogens (primary N) is 2. The predicted molar refractivity (Wildman–Crippen MR) is 97.0 cm³/mol. The molecule has 2 aliphatic rings. The number of alkyl halides is 4. The van der Waals surface area contributed by atoms with Gasteiger partial charge in [-0.2, -0.15) is 28.1 Å². The molecule has 6 N–H and O–H groups in total. The van der Waals surface area contributed by atoms with Crippen LogP contribution in [0.4, 0.5) is 34.9 Å². The molecule has 14 heteroatoms. The first-order chi connectivity index (χ1) is 14.6. The van der Waals surface area contributed by atoms with E-state index >= 15 is 0 Å². The minimum Gasteiger partial charge on any atom is -0.421 e. The molecular formula is C17H10F4N8O2. The summed E-state index contributed by atoms with van der Waals surface area (Å²) in [5.41, 5.74) is 11.9. The highest BCUT2D eigenvalue weighted by molar-refractivity contribution is 5.98. The number of nitrogens with one attached hydrogen (secondary N) is 2. The van der Waals surface area contributed by atoms with Crippen LogP contribution in [0.15, 0.2) is 23.2 Å². The van der Waals surface area contributed by atoms with Crippen molar-refractivity contribution in [1.29, 1.82) is 10.5 Å². The van der Waals surface area contributed by atoms with E-state index in [1.54, 1.807) is 6.19 Å². The SMILES string of the molecule is N#CNC1=NC(c2ccc3c(c2)OC(F)(F)C(F)(F)O3)c2c(nc(N)c(C#N)c2N)N1. The van der Waals surface area contributed by atoms with Crippen LogP contribution in [-0.2, 0) is 0 Å². The van der Waals surface area contributed by atoms with Crippen molar-refractivity contribution in [3.63, 3.8) is 0 Å². The monoisotopic (exact) mass is 434 g/mol. The Morgan fingerprint density at radius 2 is 1.77 bits per heavy atom. The Labute approximate surface area is 170 Å². The number of nitriles is 2. The number of rotatable bonds is 1. The molecule has 0 saturated carbocycles. The Bertz CT molecular complexity index is 1220. The second kappa shape index (κ2) is 6.53. The van der Waals surface area contributed by atoms with E-state index in [1.165, 1.54) is 6.07 Å². The molecule has 0 aliphatic carbocycles. The van der Waals surface area contributed by atoms with E-state index in [9.17, 15) is 22.8 Å². The zero-order valence-corrected chi connectivity index (χ0v) is 15.1. The van der Waals surface area contributed by atoms with Gasteiger partial charge in [0.05, 0.1) is 5.69 Å². The standard InChI is InChI=1S/C17H10F4N8O2/c18-16(19)17(20,21)31-9-3-6(1-2-8(9)30-16)12-10-11(24)7(4-22)13(25)28-14(10)29-15(27-12)26-5-23/h1-3,12H,(H6,24,25,26,27,28,29). The summed E-state index contributed by atoms with van der Waals surface area (Å²) in [5, 5.41) is 23.1. The minimum atomic E-state index is -4.91. The maximum atomic E-state index is 13.6. The molecular weight excluding hydrogens is 424 g/mol. The number of aliphatic imine (C=N–C) groups is 1. The number of aromatic nitrogens is 1. The summed E-state index contributed by atoms with van der Waals surface area (Å²) in [6.07, 6.45) is -8.13. The molecule has 158 valence electrons. The number of ether oxygens (including phenoxy) is 2. The van der Waals surface area contributed by atoms with Gasteiger partial charge in [-0.15, -0.1) is 0 Å². The molecule has 1 aromatic carbocycles. The third kappa shape index (κ3) is 3.01. The lowest BCUT2D eigenvalue weighted by molar-refractivity contribution is -0.391. The topological polar surface area (TPSA) is 167 Å². The highest BCUT2D eigenvalue weighted by atomic mass is 19.3. The van der Waals surface area contributed by atoms with E-state index in [0.717, 1.165) is 12.1 Å². The van der Waals surface area contributed by atoms with Gasteiger partial charge in [-0.05, 0) is 17.7 Å². The molecule has 3 heterocycles. The van der Waals surface area contributed by atoms with Gasteiger partial charge in [-0.3, -0.25) is 5.32 Å². The van der Waals surface area contributed by atoms with Crippen molar-refractivity contribution in [2.75, 3.05) is 16.8 Å². The number of anilines is 3. The van der Waals surface area contributed by atoms with Crippen LogP contribution in [0.3, 0.4) is 0 Å². The van der Waals surface area contributed by atoms with E-state index < -0.39 is 29.8 Å². The summed E-state index contributed by atoms with van der Waals surface area (Å²) in [6, 6.07) is 3.98. The van der Waals surface area contributed by atoms with Crippen molar-refractivity contribution >= 4 is 23.3 Å². The molecule has 31 heavy (non-hydrogen) atoms. The number of pyridine rings is 1. The van der Waals surface area contributed by atoms with Crippen LogP contribution >= 0.6 is 0 Å². The number of nitrogen functional groups attached to an aromatic ring is 2. The summed E-state index contributed by atoms with van der Waals surface area (Å²) in [6.45, 7) is 0. The second-order valence-corrected chi connectivity index (χ2v) is 6.35. The first-order valence-corrected chi connectivity index (χ1v) is 8.34. The summed E-state index contributed by atoms with van der Waals surface area (Å²) >= 11 is 0. The maximum Gasteiger partial charge on any atom is 0.507 e. The van der Waals surface area contributed by atoms with Gasteiger partial charge in [-0.25, -0.2) is 9.98 Å². The van der Waals surface area contributed by atoms with Crippen molar-refractivity contribution in [3.8, 4) is 23.8 Å². The fraction of sp³-hybridized carbons (Fsp3) is 0.176. The van der Waals surface area contributed by atoms with Crippen LogP contribution in [-0.4, -0.2) is 23.2 Å². The molecule has 1 unspecified atom stereocenters. The second-order valence-electron chi connectivity index (χ2n) is 6.35. The number of halogens is 4. The van der Waals surface area contributed by atoms with Crippen LogP contribution in [0, 0.1) is 22.8 Å². The van der Waals surface area contributed by atoms with Gasteiger partial charge in [0, 0.05) is 5.56 Å². The zero-order valence-electron chi connectivity index (χ0n) is 15.1. The van der Waals surface area contributed by atoms with Crippen molar-refractivity contribution < 1.29 is 27.0 Å². The van der Waals surface area contributed by atoms with E-state index in [0.29, 0.717) is 0 Å². The van der Waals surface area contributed by atoms with Gasteiger partial charge in [0.2, 0.25) is 5.96 Å². The summed E-state index contributed by atoms with van der Waals surface area (Å²) in [5.74, 6) is -1.50. The van der Waals surface area contributed by atoms with Crippen molar-refractivity contribution in [2.24, 2.45) is 4.99 Å². The van der Waals surface area contributed by atoms with Crippen molar-refractivity contribution in [2.45, 2.75) is 18.3 Å². The van der Waals surface area contributed by atoms with E-state index in [1.807, 2.05) is 6.07 Å². The highest BCUT2D eigenvalue weighted by Gasteiger charge is 2.66. The molecule has 4 rings (SSSR count). The molecule has 2 aliphatic heterocycles. The van der Waals surface area contributed by atoms with E-state index in [-0.39, 0.29) is 40.0 Å². The van der Waals surface area contributed by atoms with E-state index in [4.69, 9.17) is 16.7 Å². The fourth-order valence-corrected chi connectivity index (χ4v) is 3.08. The Morgan fingerprint density at radius 1 is 1.10 bits per heavy atom. The normalized spacial score (nSPS) is 19.7. The Kier molecular flexibility index (Phi) is 4.18. The molecule has 0 spiro atoms. The van der Waals surface area contributed by atoms with Gasteiger partial charge < -0.3 is 26.3 Å². The summed E-state index contributed by atoms with van der Waals surface area (Å²) in [4.78, 5) is 8.27. The Morgan fingerprint density at radius 3 is 2.42 bits per heavy atom. The third-order valence-corrected chi connectivity index (χ3v) is 4.46. The number of hydrogen-bond donors (Lipinski definition) is 4. The zero-order chi connectivity index (χ0) is 22.6. The molecule has 10 nitrogen and oxygen atoms in total. The smallest absolute Gasteiger partial charge is 0.421 e. The lowest BCUT2D eigenvalue weighted by Crippen LogP contribution is -2.52. The first kappa shape index (κ1) is 19.8. The summed E-state index contributed by atoms with van der Waals surface area (Å²) < 4.78 is 62.2. The average molecular weight is 434 g/mol. The van der Waals surface area contributed by atoms with Gasteiger partial charge in [-0.1, -0.05) is 6.07 Å². The van der Waals surface area contributed by atoms with E-state index in [2.05, 4.69) is 30.1 Å². The lowest BCUT2D eigenvalue weighted by atomic mass is 9.95. The quantitative estimate of drug-likeness (QED) is 0.298. The highest BCUT2D eigenvalue weighted by Crippen LogP contribution is 2.49. The first-order valence-electron chi connectivity index (χ1n) is 8.34. The van der Waals surface area contributed by atoms with Crippen LogP contribution in [0.5, 0.6) is 11.5 Å². The van der Waals surface area contributed by atoms with Crippen molar-refractivity contribution in [1.82, 2.24) is 10.3 Å². The Balaban J connectivity index is 1.87. The average Bonchev–Trinajstić information content (AvgIpc) is 2.68. The number of nitrogens with zero attached hydrogens (tertiary/aromatic N) is 4. The van der Waals surface area contributed by atoms with Crippen LogP contribution in [0.1, 0.15) is 22.7 Å². The predicted octanol–water partition coefficient (Wildman–Crippen LogP) is 2.02. The molecule has 0 amide bonds. The number of fused-ring (bicyclic) bond motifs is 2.